The Bertz CT molecular complexity index is 743. The number of carboxylic acids is 1. The maximum atomic E-state index is 12.2. The van der Waals surface area contributed by atoms with Crippen LogP contribution in [-0.2, 0) is 23.9 Å². The number of aliphatic carboxylic acids is 1. The number of aryl methyl sites for hydroxylation is 2. The summed E-state index contributed by atoms with van der Waals surface area (Å²) in [5, 5.41) is 14.2. The van der Waals surface area contributed by atoms with E-state index in [2.05, 4.69) is 10.6 Å². The number of hydrogen-bond acceptors (Lipinski definition) is 6. The Morgan fingerprint density at radius 3 is 2.68 bits per heavy atom. The van der Waals surface area contributed by atoms with Crippen LogP contribution in [0, 0.1) is 13.8 Å². The van der Waals surface area contributed by atoms with E-state index in [1.54, 1.807) is 13.0 Å². The van der Waals surface area contributed by atoms with Crippen LogP contribution in [0.3, 0.4) is 0 Å². The van der Waals surface area contributed by atoms with Crippen molar-refractivity contribution in [2.24, 2.45) is 0 Å². The van der Waals surface area contributed by atoms with Crippen LogP contribution < -0.4 is 10.6 Å². The Labute approximate surface area is 163 Å². The summed E-state index contributed by atoms with van der Waals surface area (Å²) >= 11 is 0. The standard InChI is InChI=1S/C18H25BN2O7/c1-4-18(8-16(23)24)10-26-28-19(27-18)11-21-15(22)9-20-17(25)14-7-12(2)5-6-13(14)3/h5-7H,4,8-11H2,1-3H3,(H,20,25)(H,21,22)(H,23,24). The lowest BCUT2D eigenvalue weighted by Gasteiger charge is -2.37. The van der Waals surface area contributed by atoms with Gasteiger partial charge in [-0.1, -0.05) is 24.6 Å². The van der Waals surface area contributed by atoms with Gasteiger partial charge in [0.1, 0.15) is 6.61 Å². The first kappa shape index (κ1) is 21.9. The zero-order chi connectivity index (χ0) is 20.7. The lowest BCUT2D eigenvalue weighted by atomic mass is 9.85. The Kier molecular flexibility index (Phi) is 7.56. The Morgan fingerprint density at radius 1 is 1.25 bits per heavy atom. The van der Waals surface area contributed by atoms with Crippen molar-refractivity contribution in [1.29, 1.82) is 0 Å². The molecule has 0 radical (unpaired) electrons. The summed E-state index contributed by atoms with van der Waals surface area (Å²) in [6.45, 7) is 5.27. The summed E-state index contributed by atoms with van der Waals surface area (Å²) in [4.78, 5) is 45.2. The molecule has 0 aliphatic carbocycles. The summed E-state index contributed by atoms with van der Waals surface area (Å²) in [7, 11) is -0.938. The molecule has 10 heteroatoms. The molecule has 1 atom stereocenters. The number of amides is 2. The number of hydrogen-bond donors (Lipinski definition) is 3. The number of rotatable bonds is 8. The number of nitrogens with one attached hydrogen (secondary N) is 2. The maximum Gasteiger partial charge on any atom is 0.510 e. The van der Waals surface area contributed by atoms with E-state index in [1.807, 2.05) is 26.0 Å². The fraction of sp³-hybridized carbons (Fsp3) is 0.500. The van der Waals surface area contributed by atoms with Gasteiger partial charge in [0.2, 0.25) is 5.91 Å². The van der Waals surface area contributed by atoms with Crippen molar-refractivity contribution in [3.63, 3.8) is 0 Å². The quantitative estimate of drug-likeness (QED) is 0.441. The van der Waals surface area contributed by atoms with E-state index in [0.717, 1.165) is 11.1 Å². The van der Waals surface area contributed by atoms with Gasteiger partial charge in [-0.2, -0.15) is 0 Å². The first-order chi connectivity index (χ1) is 13.2. The number of carboxylic acid groups (broad SMARTS) is 1. The minimum Gasteiger partial charge on any atom is -0.481 e. The van der Waals surface area contributed by atoms with E-state index in [0.29, 0.717) is 12.0 Å². The van der Waals surface area contributed by atoms with Crippen molar-refractivity contribution >= 4 is 24.9 Å². The van der Waals surface area contributed by atoms with Crippen molar-refractivity contribution < 1.29 is 33.8 Å². The molecule has 2 amide bonds. The van der Waals surface area contributed by atoms with Crippen LogP contribution in [0.4, 0.5) is 0 Å². The van der Waals surface area contributed by atoms with Crippen molar-refractivity contribution in [3.05, 3.63) is 34.9 Å². The van der Waals surface area contributed by atoms with Gasteiger partial charge in [-0.15, -0.1) is 0 Å². The molecule has 1 aliphatic heterocycles. The molecule has 0 saturated carbocycles. The van der Waals surface area contributed by atoms with Gasteiger partial charge < -0.3 is 20.4 Å². The second-order valence-corrected chi connectivity index (χ2v) is 6.82. The van der Waals surface area contributed by atoms with Crippen LogP contribution in [0.15, 0.2) is 18.2 Å². The monoisotopic (exact) mass is 392 g/mol. The first-order valence-corrected chi connectivity index (χ1v) is 9.05. The number of carbonyl (C=O) groups is 3. The fourth-order valence-corrected chi connectivity index (χ4v) is 2.80. The molecule has 1 aromatic carbocycles. The predicted octanol–water partition coefficient (Wildman–Crippen LogP) is 0.779. The molecule has 0 aromatic heterocycles. The first-order valence-electron chi connectivity index (χ1n) is 9.05. The van der Waals surface area contributed by atoms with Gasteiger partial charge in [-0.05, 0) is 31.9 Å². The second-order valence-electron chi connectivity index (χ2n) is 6.82. The summed E-state index contributed by atoms with van der Waals surface area (Å²) < 4.78 is 5.68. The van der Waals surface area contributed by atoms with Gasteiger partial charge in [0.05, 0.1) is 25.0 Å². The highest BCUT2D eigenvalue weighted by atomic mass is 17.2. The highest BCUT2D eigenvalue weighted by Crippen LogP contribution is 2.26. The molecular weight excluding hydrogens is 367 g/mol. The number of carbonyl (C=O) groups excluding carboxylic acids is 2. The Morgan fingerprint density at radius 2 is 2.00 bits per heavy atom. The van der Waals surface area contributed by atoms with Crippen molar-refractivity contribution in [2.75, 3.05) is 19.6 Å². The van der Waals surface area contributed by atoms with Crippen LogP contribution in [0.2, 0.25) is 0 Å². The van der Waals surface area contributed by atoms with E-state index < -0.39 is 24.6 Å². The minimum atomic E-state index is -1.01. The third kappa shape index (κ3) is 6.05. The van der Waals surface area contributed by atoms with Gasteiger partial charge in [0.15, 0.2) is 0 Å². The van der Waals surface area contributed by atoms with Gasteiger partial charge in [-0.3, -0.25) is 19.2 Å². The molecule has 1 heterocycles. The molecule has 1 unspecified atom stereocenters. The predicted molar refractivity (Wildman–Crippen MR) is 100 cm³/mol. The summed E-state index contributed by atoms with van der Waals surface area (Å²) in [6.07, 6.45) is 0.141. The van der Waals surface area contributed by atoms with Crippen molar-refractivity contribution in [3.8, 4) is 0 Å². The highest BCUT2D eigenvalue weighted by Gasteiger charge is 2.42. The minimum absolute atomic E-state index is 0.00779. The average molecular weight is 392 g/mol. The van der Waals surface area contributed by atoms with Gasteiger partial charge in [-0.25, -0.2) is 4.89 Å². The summed E-state index contributed by atoms with van der Waals surface area (Å²) in [5.74, 6) is -1.78. The Hall–Kier alpha value is -2.43. The molecule has 3 N–H and O–H groups in total. The fourth-order valence-electron chi connectivity index (χ4n) is 2.80. The zero-order valence-corrected chi connectivity index (χ0v) is 16.2. The molecule has 28 heavy (non-hydrogen) atoms. The molecule has 1 aliphatic rings. The van der Waals surface area contributed by atoms with Crippen LogP contribution >= 0.6 is 0 Å². The van der Waals surface area contributed by atoms with Crippen LogP contribution in [-0.4, -0.2) is 55.2 Å². The smallest absolute Gasteiger partial charge is 0.481 e. The molecule has 0 bridgehead atoms. The maximum absolute atomic E-state index is 12.2. The van der Waals surface area contributed by atoms with Gasteiger partial charge in [0, 0.05) is 5.56 Å². The molecule has 1 saturated heterocycles. The van der Waals surface area contributed by atoms with Crippen molar-refractivity contribution in [2.45, 2.75) is 39.2 Å². The van der Waals surface area contributed by atoms with Gasteiger partial charge >= 0.3 is 13.1 Å². The van der Waals surface area contributed by atoms with Crippen LogP contribution in [0.25, 0.3) is 0 Å². The zero-order valence-electron chi connectivity index (χ0n) is 16.2. The van der Waals surface area contributed by atoms with Crippen LogP contribution in [0.5, 0.6) is 0 Å². The average Bonchev–Trinajstić information content (AvgIpc) is 2.66. The van der Waals surface area contributed by atoms with Crippen LogP contribution in [0.1, 0.15) is 41.3 Å². The van der Waals surface area contributed by atoms with Crippen molar-refractivity contribution in [1.82, 2.24) is 10.6 Å². The molecular formula is C18H25BN2O7. The van der Waals surface area contributed by atoms with E-state index >= 15 is 0 Å². The van der Waals surface area contributed by atoms with E-state index in [-0.39, 0.29) is 31.9 Å². The molecule has 0 spiro atoms. The molecule has 9 nitrogen and oxygen atoms in total. The van der Waals surface area contributed by atoms with Gasteiger partial charge in [0.25, 0.3) is 5.91 Å². The largest absolute Gasteiger partial charge is 0.510 e. The third-order valence-corrected chi connectivity index (χ3v) is 4.51. The SMILES string of the molecule is CCC1(CC(=O)O)COOB(CNC(=O)CNC(=O)c2cc(C)ccc2C)O1. The molecule has 152 valence electrons. The molecule has 1 fully saturated rings. The lowest BCUT2D eigenvalue weighted by molar-refractivity contribution is -0.293. The molecule has 1 aromatic rings. The third-order valence-electron chi connectivity index (χ3n) is 4.51. The summed E-state index contributed by atoms with van der Waals surface area (Å²) in [5.41, 5.74) is 1.28. The normalized spacial score (nSPS) is 19.2. The van der Waals surface area contributed by atoms with E-state index in [9.17, 15) is 14.4 Å². The Balaban J connectivity index is 1.81. The van der Waals surface area contributed by atoms with E-state index in [4.69, 9.17) is 19.5 Å². The lowest BCUT2D eigenvalue weighted by Crippen LogP contribution is -2.54. The van der Waals surface area contributed by atoms with E-state index in [1.165, 1.54) is 0 Å². The highest BCUT2D eigenvalue weighted by molar-refractivity contribution is 6.45. The summed E-state index contributed by atoms with van der Waals surface area (Å²) in [6, 6.07) is 5.52. The molecule has 2 rings (SSSR count). The topological polar surface area (TPSA) is 123 Å². The second kappa shape index (κ2) is 9.67. The number of benzene rings is 1.